The van der Waals surface area contributed by atoms with Crippen molar-refractivity contribution in [1.29, 1.82) is 5.26 Å². The maximum absolute atomic E-state index is 9.55. The number of nitrogens with one attached hydrogen (secondary N) is 2. The number of rotatable bonds is 2. The second kappa shape index (κ2) is 6.45. The van der Waals surface area contributed by atoms with E-state index in [2.05, 4.69) is 22.8 Å². The zero-order valence-electron chi connectivity index (χ0n) is 12.8. The third-order valence-corrected chi connectivity index (χ3v) is 4.95. The van der Waals surface area contributed by atoms with Gasteiger partial charge in [0.25, 0.3) is 0 Å². The smallest absolute Gasteiger partial charge is 0.124 e. The van der Waals surface area contributed by atoms with Crippen LogP contribution in [0.25, 0.3) is 0 Å². The van der Waals surface area contributed by atoms with Crippen LogP contribution in [0, 0.1) is 25.2 Å². The van der Waals surface area contributed by atoms with E-state index in [1.54, 1.807) is 0 Å². The van der Waals surface area contributed by atoms with E-state index in [-0.39, 0.29) is 0 Å². The molecule has 3 rings (SSSR count). The molecule has 0 unspecified atom stereocenters. The Morgan fingerprint density at radius 1 is 1.22 bits per heavy atom. The molecule has 1 aliphatic rings. The van der Waals surface area contributed by atoms with Crippen LogP contribution in [0.15, 0.2) is 58.0 Å². The average molecular weight is 337 g/mol. The van der Waals surface area contributed by atoms with Gasteiger partial charge in [-0.1, -0.05) is 48.2 Å². The lowest BCUT2D eigenvalue weighted by atomic mass is 10.1. The van der Waals surface area contributed by atoms with Crippen LogP contribution in [0.4, 0.5) is 11.4 Å². The molecule has 0 atom stereocenters. The highest BCUT2D eigenvalue weighted by atomic mass is 32.2. The number of thioether (sulfide) groups is 1. The highest BCUT2D eigenvalue weighted by molar-refractivity contribution is 8.03. The molecular formula is C18H15N3S2. The van der Waals surface area contributed by atoms with Crippen LogP contribution in [-0.2, 0) is 0 Å². The molecule has 2 N–H and O–H groups in total. The highest BCUT2D eigenvalue weighted by Crippen LogP contribution is 2.42. The second-order valence-electron chi connectivity index (χ2n) is 5.31. The molecule has 0 radical (unpaired) electrons. The van der Waals surface area contributed by atoms with Crippen LogP contribution in [0.2, 0.25) is 0 Å². The Morgan fingerprint density at radius 2 is 2.00 bits per heavy atom. The topological polar surface area (TPSA) is 47.9 Å². The number of anilines is 2. The van der Waals surface area contributed by atoms with Gasteiger partial charge in [0.15, 0.2) is 0 Å². The van der Waals surface area contributed by atoms with E-state index in [4.69, 9.17) is 12.2 Å². The Kier molecular flexibility index (Phi) is 4.37. The molecule has 0 bridgehead atoms. The summed E-state index contributed by atoms with van der Waals surface area (Å²) in [4.78, 5) is 1.54. The van der Waals surface area contributed by atoms with Crippen molar-refractivity contribution < 1.29 is 0 Å². The summed E-state index contributed by atoms with van der Waals surface area (Å²) < 4.78 is 0. The van der Waals surface area contributed by atoms with Crippen LogP contribution >= 0.6 is 24.0 Å². The van der Waals surface area contributed by atoms with Gasteiger partial charge in [0, 0.05) is 10.6 Å². The first kappa shape index (κ1) is 15.6. The fraction of sp³-hybridized carbons (Fsp3) is 0.111. The summed E-state index contributed by atoms with van der Waals surface area (Å²) in [5.74, 6) is 0. The lowest BCUT2D eigenvalue weighted by molar-refractivity contribution is 1.39. The van der Waals surface area contributed by atoms with E-state index >= 15 is 0 Å². The standard InChI is InChI=1S/C18H15N3S2/c1-11-7-8-12(2)15(9-11)20-17(22)13(10-19)18-21-14-5-3-4-6-16(14)23-18/h3-9,21H,1-2H3,(H,20,22)/b18-13+. The minimum absolute atomic E-state index is 0.434. The number of hydrogen-bond donors (Lipinski definition) is 2. The quantitative estimate of drug-likeness (QED) is 0.459. The molecule has 5 heteroatoms. The summed E-state index contributed by atoms with van der Waals surface area (Å²) in [7, 11) is 0. The molecule has 1 aliphatic heterocycles. The fourth-order valence-corrected chi connectivity index (χ4v) is 3.62. The van der Waals surface area contributed by atoms with Gasteiger partial charge in [-0.2, -0.15) is 5.26 Å². The monoisotopic (exact) mass is 337 g/mol. The highest BCUT2D eigenvalue weighted by Gasteiger charge is 2.21. The number of benzene rings is 2. The zero-order chi connectivity index (χ0) is 16.4. The minimum Gasteiger partial charge on any atom is -0.348 e. The molecule has 0 fully saturated rings. The molecule has 3 nitrogen and oxygen atoms in total. The van der Waals surface area contributed by atoms with E-state index in [0.717, 1.165) is 32.4 Å². The fourth-order valence-electron chi connectivity index (χ4n) is 2.29. The van der Waals surface area contributed by atoms with Gasteiger partial charge >= 0.3 is 0 Å². The van der Waals surface area contributed by atoms with Crippen molar-refractivity contribution in [3.05, 3.63) is 64.2 Å². The van der Waals surface area contributed by atoms with Gasteiger partial charge in [0.1, 0.15) is 16.6 Å². The normalized spacial score (nSPS) is 14.5. The number of nitriles is 1. The summed E-state index contributed by atoms with van der Waals surface area (Å²) in [6.07, 6.45) is 0. The van der Waals surface area contributed by atoms with Gasteiger partial charge in [-0.05, 0) is 43.2 Å². The summed E-state index contributed by atoms with van der Waals surface area (Å²) >= 11 is 7.00. The molecular weight excluding hydrogens is 322 g/mol. The molecule has 1 heterocycles. The van der Waals surface area contributed by atoms with E-state index < -0.39 is 0 Å². The molecule has 23 heavy (non-hydrogen) atoms. The Morgan fingerprint density at radius 3 is 2.74 bits per heavy atom. The van der Waals surface area contributed by atoms with Crippen molar-refractivity contribution in [3.63, 3.8) is 0 Å². The first-order chi connectivity index (χ1) is 11.1. The van der Waals surface area contributed by atoms with Crippen LogP contribution in [0.5, 0.6) is 0 Å². The maximum atomic E-state index is 9.55. The van der Waals surface area contributed by atoms with Gasteiger partial charge in [-0.15, -0.1) is 0 Å². The van der Waals surface area contributed by atoms with E-state index in [1.807, 2.05) is 50.2 Å². The molecule has 2 aromatic rings. The predicted octanol–water partition coefficient (Wildman–Crippen LogP) is 5.00. The van der Waals surface area contributed by atoms with Gasteiger partial charge in [-0.3, -0.25) is 0 Å². The summed E-state index contributed by atoms with van der Waals surface area (Å²) in [6.45, 7) is 4.05. The molecule has 114 valence electrons. The number of thiocarbonyl (C=S) groups is 1. The lowest BCUT2D eigenvalue weighted by Crippen LogP contribution is -2.14. The van der Waals surface area contributed by atoms with Crippen molar-refractivity contribution in [1.82, 2.24) is 0 Å². The maximum Gasteiger partial charge on any atom is 0.124 e. The number of nitrogens with zero attached hydrogens (tertiary/aromatic N) is 1. The molecule has 0 aliphatic carbocycles. The van der Waals surface area contributed by atoms with Crippen LogP contribution in [0.1, 0.15) is 11.1 Å². The van der Waals surface area contributed by atoms with Crippen molar-refractivity contribution in [3.8, 4) is 6.07 Å². The van der Waals surface area contributed by atoms with Crippen molar-refractivity contribution >= 4 is 40.3 Å². The molecule has 0 saturated heterocycles. The molecule has 2 aromatic carbocycles. The largest absolute Gasteiger partial charge is 0.348 e. The number of fused-ring (bicyclic) bond motifs is 1. The van der Waals surface area contributed by atoms with Gasteiger partial charge in [0.05, 0.1) is 10.7 Å². The Hall–Kier alpha value is -2.29. The summed E-state index contributed by atoms with van der Waals surface area (Å²) in [5, 5.41) is 16.8. The van der Waals surface area contributed by atoms with E-state index in [1.165, 1.54) is 11.8 Å². The van der Waals surface area contributed by atoms with Crippen LogP contribution in [-0.4, -0.2) is 4.99 Å². The number of hydrogen-bond acceptors (Lipinski definition) is 4. The van der Waals surface area contributed by atoms with Crippen molar-refractivity contribution in [2.45, 2.75) is 18.7 Å². The first-order valence-electron chi connectivity index (χ1n) is 7.15. The molecule has 0 amide bonds. The van der Waals surface area contributed by atoms with Gasteiger partial charge < -0.3 is 10.6 Å². The predicted molar refractivity (Wildman–Crippen MR) is 101 cm³/mol. The Balaban J connectivity index is 1.88. The zero-order valence-corrected chi connectivity index (χ0v) is 14.4. The van der Waals surface area contributed by atoms with Gasteiger partial charge in [0.2, 0.25) is 0 Å². The molecule has 0 saturated carbocycles. The second-order valence-corrected chi connectivity index (χ2v) is 6.77. The van der Waals surface area contributed by atoms with Crippen LogP contribution < -0.4 is 10.6 Å². The number of aryl methyl sites for hydroxylation is 2. The van der Waals surface area contributed by atoms with Gasteiger partial charge in [-0.25, -0.2) is 0 Å². The van der Waals surface area contributed by atoms with E-state index in [9.17, 15) is 5.26 Å². The molecule has 0 spiro atoms. The SMILES string of the molecule is Cc1ccc(C)c(NC(=S)/C(C#N)=C2\Nc3ccccc3S2)c1. The Labute approximate surface area is 145 Å². The minimum atomic E-state index is 0.434. The van der Waals surface area contributed by atoms with Crippen molar-refractivity contribution in [2.75, 3.05) is 10.6 Å². The Bertz CT molecular complexity index is 836. The lowest BCUT2D eigenvalue weighted by Gasteiger charge is -2.12. The van der Waals surface area contributed by atoms with E-state index in [0.29, 0.717) is 10.6 Å². The summed E-state index contributed by atoms with van der Waals surface area (Å²) in [6, 6.07) is 16.3. The average Bonchev–Trinajstić information content (AvgIpc) is 2.95. The third kappa shape index (κ3) is 3.24. The molecule has 0 aromatic heterocycles. The number of para-hydroxylation sites is 1. The van der Waals surface area contributed by atoms with Crippen LogP contribution in [0.3, 0.4) is 0 Å². The third-order valence-electron chi connectivity index (χ3n) is 3.55. The first-order valence-corrected chi connectivity index (χ1v) is 8.38. The van der Waals surface area contributed by atoms with Crippen molar-refractivity contribution in [2.24, 2.45) is 0 Å². The summed E-state index contributed by atoms with van der Waals surface area (Å²) in [5.41, 5.74) is 4.64.